The Morgan fingerprint density at radius 3 is 2.84 bits per heavy atom. The standard InChI is InChI=1S/C17H22O2/c1-2-12-7-8-17(10-12,16(18)19)11-14-9-13-5-3-4-6-15(13)14/h3-6,12,14H,2,7-11H2,1H3,(H,18,19). The number of aliphatic carboxylic acids is 1. The Balaban J connectivity index is 1.76. The summed E-state index contributed by atoms with van der Waals surface area (Å²) in [6, 6.07) is 8.49. The fourth-order valence-corrected chi connectivity index (χ4v) is 4.07. The third kappa shape index (κ3) is 2.07. The smallest absolute Gasteiger partial charge is 0.309 e. The van der Waals surface area contributed by atoms with Crippen molar-refractivity contribution in [3.05, 3.63) is 35.4 Å². The minimum absolute atomic E-state index is 0.446. The Morgan fingerprint density at radius 1 is 1.42 bits per heavy atom. The summed E-state index contributed by atoms with van der Waals surface area (Å²) in [5, 5.41) is 9.69. The van der Waals surface area contributed by atoms with Crippen molar-refractivity contribution in [2.75, 3.05) is 0 Å². The molecule has 0 aliphatic heterocycles. The second kappa shape index (κ2) is 4.66. The van der Waals surface area contributed by atoms with Crippen LogP contribution in [0.4, 0.5) is 0 Å². The Labute approximate surface area is 114 Å². The summed E-state index contributed by atoms with van der Waals surface area (Å²) in [6.07, 6.45) is 5.89. The van der Waals surface area contributed by atoms with Gasteiger partial charge >= 0.3 is 5.97 Å². The molecule has 2 aliphatic rings. The molecule has 1 aromatic carbocycles. The van der Waals surface area contributed by atoms with Gasteiger partial charge in [0.2, 0.25) is 0 Å². The van der Waals surface area contributed by atoms with Crippen LogP contribution in [-0.2, 0) is 11.2 Å². The van der Waals surface area contributed by atoms with Crippen LogP contribution in [0.1, 0.15) is 56.1 Å². The van der Waals surface area contributed by atoms with Gasteiger partial charge in [0.15, 0.2) is 0 Å². The summed E-state index contributed by atoms with van der Waals surface area (Å²) in [5.41, 5.74) is 2.36. The topological polar surface area (TPSA) is 37.3 Å². The zero-order valence-corrected chi connectivity index (χ0v) is 11.6. The molecule has 2 heteroatoms. The van der Waals surface area contributed by atoms with E-state index in [-0.39, 0.29) is 0 Å². The van der Waals surface area contributed by atoms with Crippen LogP contribution in [0.5, 0.6) is 0 Å². The predicted octanol–water partition coefficient (Wildman–Crippen LogP) is 4.00. The highest BCUT2D eigenvalue weighted by atomic mass is 16.4. The highest BCUT2D eigenvalue weighted by Crippen LogP contribution is 2.52. The van der Waals surface area contributed by atoms with E-state index in [0.717, 1.165) is 38.5 Å². The van der Waals surface area contributed by atoms with Crippen LogP contribution in [0, 0.1) is 11.3 Å². The number of hydrogen-bond donors (Lipinski definition) is 1. The van der Waals surface area contributed by atoms with Gasteiger partial charge in [0.05, 0.1) is 5.41 Å². The maximum atomic E-state index is 11.8. The van der Waals surface area contributed by atoms with E-state index in [9.17, 15) is 9.90 Å². The van der Waals surface area contributed by atoms with Crippen LogP contribution in [0.3, 0.4) is 0 Å². The lowest BCUT2D eigenvalue weighted by atomic mass is 9.67. The molecule has 0 spiro atoms. The van der Waals surface area contributed by atoms with Crippen molar-refractivity contribution < 1.29 is 9.90 Å². The molecule has 19 heavy (non-hydrogen) atoms. The molecule has 2 aliphatic carbocycles. The van der Waals surface area contributed by atoms with Gasteiger partial charge in [-0.05, 0) is 55.1 Å². The van der Waals surface area contributed by atoms with Gasteiger partial charge in [-0.25, -0.2) is 0 Å². The monoisotopic (exact) mass is 258 g/mol. The molecule has 3 atom stereocenters. The first-order valence-corrected chi connectivity index (χ1v) is 7.46. The fraction of sp³-hybridized carbons (Fsp3) is 0.588. The molecule has 0 saturated heterocycles. The minimum atomic E-state index is -0.562. The number of carbonyl (C=O) groups is 1. The predicted molar refractivity (Wildman–Crippen MR) is 75.2 cm³/mol. The molecule has 2 nitrogen and oxygen atoms in total. The van der Waals surface area contributed by atoms with Gasteiger partial charge in [-0.15, -0.1) is 0 Å². The van der Waals surface area contributed by atoms with E-state index in [1.54, 1.807) is 0 Å². The molecule has 0 bridgehead atoms. The highest BCUT2D eigenvalue weighted by Gasteiger charge is 2.47. The molecular weight excluding hydrogens is 236 g/mol. The summed E-state index contributed by atoms with van der Waals surface area (Å²) in [7, 11) is 0. The largest absolute Gasteiger partial charge is 0.481 e. The lowest BCUT2D eigenvalue weighted by Crippen LogP contribution is -2.33. The molecule has 0 radical (unpaired) electrons. The van der Waals surface area contributed by atoms with Gasteiger partial charge < -0.3 is 5.11 Å². The summed E-state index contributed by atoms with van der Waals surface area (Å²) >= 11 is 0. The van der Waals surface area contributed by atoms with E-state index in [2.05, 4.69) is 31.2 Å². The average molecular weight is 258 g/mol. The van der Waals surface area contributed by atoms with E-state index in [4.69, 9.17) is 0 Å². The number of carboxylic acids is 1. The van der Waals surface area contributed by atoms with Crippen LogP contribution in [0.25, 0.3) is 0 Å². The summed E-state index contributed by atoms with van der Waals surface area (Å²) in [6.45, 7) is 2.18. The average Bonchev–Trinajstić information content (AvgIpc) is 2.81. The van der Waals surface area contributed by atoms with Gasteiger partial charge in [-0.3, -0.25) is 4.79 Å². The number of rotatable bonds is 4. The summed E-state index contributed by atoms with van der Waals surface area (Å²) in [4.78, 5) is 11.8. The number of carboxylic acid groups (broad SMARTS) is 1. The molecule has 0 heterocycles. The molecule has 3 unspecified atom stereocenters. The first-order chi connectivity index (χ1) is 9.14. The van der Waals surface area contributed by atoms with Crippen molar-refractivity contribution in [2.24, 2.45) is 11.3 Å². The van der Waals surface area contributed by atoms with Crippen molar-refractivity contribution in [1.82, 2.24) is 0 Å². The third-order valence-corrected chi connectivity index (χ3v) is 5.34. The van der Waals surface area contributed by atoms with Gasteiger partial charge in [0, 0.05) is 0 Å². The molecular formula is C17H22O2. The first-order valence-electron chi connectivity index (χ1n) is 7.46. The summed E-state index contributed by atoms with van der Waals surface area (Å²) in [5.74, 6) is 0.530. The SMILES string of the molecule is CCC1CCC(CC2Cc3ccccc32)(C(=O)O)C1. The number of benzene rings is 1. The van der Waals surface area contributed by atoms with Crippen LogP contribution >= 0.6 is 0 Å². The molecule has 1 fully saturated rings. The van der Waals surface area contributed by atoms with Gasteiger partial charge in [0.25, 0.3) is 0 Å². The highest BCUT2D eigenvalue weighted by molar-refractivity contribution is 5.75. The Hall–Kier alpha value is -1.31. The Kier molecular flexibility index (Phi) is 3.12. The molecule has 102 valence electrons. The van der Waals surface area contributed by atoms with Crippen LogP contribution in [0.2, 0.25) is 0 Å². The molecule has 1 aromatic rings. The zero-order chi connectivity index (χ0) is 13.5. The van der Waals surface area contributed by atoms with E-state index < -0.39 is 11.4 Å². The second-order valence-electron chi connectivity index (χ2n) is 6.41. The molecule has 1 saturated carbocycles. The van der Waals surface area contributed by atoms with Crippen molar-refractivity contribution in [1.29, 1.82) is 0 Å². The Bertz CT molecular complexity index is 494. The quantitative estimate of drug-likeness (QED) is 0.886. The van der Waals surface area contributed by atoms with Crippen LogP contribution in [0.15, 0.2) is 24.3 Å². The number of fused-ring (bicyclic) bond motifs is 1. The first kappa shape index (κ1) is 12.7. The van der Waals surface area contributed by atoms with Crippen molar-refractivity contribution in [3.63, 3.8) is 0 Å². The van der Waals surface area contributed by atoms with Crippen molar-refractivity contribution in [2.45, 2.75) is 51.4 Å². The third-order valence-electron chi connectivity index (χ3n) is 5.34. The molecule has 3 rings (SSSR count). The van der Waals surface area contributed by atoms with E-state index in [1.807, 2.05) is 0 Å². The zero-order valence-electron chi connectivity index (χ0n) is 11.6. The number of hydrogen-bond acceptors (Lipinski definition) is 1. The molecule has 0 aromatic heterocycles. The van der Waals surface area contributed by atoms with Crippen LogP contribution in [-0.4, -0.2) is 11.1 Å². The van der Waals surface area contributed by atoms with E-state index in [0.29, 0.717) is 11.8 Å². The minimum Gasteiger partial charge on any atom is -0.481 e. The normalized spacial score (nSPS) is 32.7. The van der Waals surface area contributed by atoms with Crippen molar-refractivity contribution >= 4 is 5.97 Å². The Morgan fingerprint density at radius 2 is 2.21 bits per heavy atom. The molecule has 0 amide bonds. The second-order valence-corrected chi connectivity index (χ2v) is 6.41. The van der Waals surface area contributed by atoms with Crippen molar-refractivity contribution in [3.8, 4) is 0 Å². The van der Waals surface area contributed by atoms with Gasteiger partial charge in [-0.1, -0.05) is 37.6 Å². The summed E-state index contributed by atoms with van der Waals surface area (Å²) < 4.78 is 0. The maximum Gasteiger partial charge on any atom is 0.309 e. The van der Waals surface area contributed by atoms with Gasteiger partial charge in [-0.2, -0.15) is 0 Å². The maximum absolute atomic E-state index is 11.8. The lowest BCUT2D eigenvalue weighted by Gasteiger charge is -2.36. The van der Waals surface area contributed by atoms with E-state index in [1.165, 1.54) is 11.1 Å². The van der Waals surface area contributed by atoms with Gasteiger partial charge in [0.1, 0.15) is 0 Å². The molecule has 1 N–H and O–H groups in total. The lowest BCUT2D eigenvalue weighted by molar-refractivity contribution is -0.149. The fourth-order valence-electron chi connectivity index (χ4n) is 4.07. The van der Waals surface area contributed by atoms with Crippen LogP contribution < -0.4 is 0 Å². The van der Waals surface area contributed by atoms with E-state index >= 15 is 0 Å².